The van der Waals surface area contributed by atoms with Crippen LogP contribution in [0.2, 0.25) is 0 Å². The van der Waals surface area contributed by atoms with Crippen LogP contribution in [-0.4, -0.2) is 54.7 Å². The molecule has 1 aromatic heterocycles. The summed E-state index contributed by atoms with van der Waals surface area (Å²) in [5.74, 6) is -0.827. The molecule has 0 aliphatic rings. The molecule has 0 amide bonds. The van der Waals surface area contributed by atoms with Gasteiger partial charge in [-0.05, 0) is 33.2 Å². The molecule has 0 unspecified atom stereocenters. The number of carboxylic acids is 1. The van der Waals surface area contributed by atoms with Crippen molar-refractivity contribution < 1.29 is 9.90 Å². The van der Waals surface area contributed by atoms with E-state index in [0.29, 0.717) is 6.54 Å². The van der Waals surface area contributed by atoms with E-state index < -0.39 is 5.97 Å². The Balaban J connectivity index is 2.44. The Morgan fingerprint density at radius 1 is 1.24 bits per heavy atom. The maximum Gasteiger partial charge on any atom is 0.323 e. The van der Waals surface area contributed by atoms with Crippen molar-refractivity contribution in [2.75, 3.05) is 38.6 Å². The third-order valence-electron chi connectivity index (χ3n) is 3.31. The van der Waals surface area contributed by atoms with Gasteiger partial charge >= 0.3 is 5.97 Å². The normalized spacial score (nSPS) is 11.0. The summed E-state index contributed by atoms with van der Waals surface area (Å²) in [4.78, 5) is 19.6. The molecule has 5 nitrogen and oxygen atoms in total. The smallest absolute Gasteiger partial charge is 0.323 e. The minimum atomic E-state index is -0.827. The zero-order valence-corrected chi connectivity index (χ0v) is 12.7. The summed E-state index contributed by atoms with van der Waals surface area (Å²) in [6, 6.07) is 9.80. The minimum Gasteiger partial charge on any atom is -0.480 e. The predicted molar refractivity (Wildman–Crippen MR) is 84.9 cm³/mol. The molecule has 0 aliphatic carbocycles. The molecule has 1 aromatic carbocycles. The third-order valence-corrected chi connectivity index (χ3v) is 3.31. The zero-order chi connectivity index (χ0) is 15.4. The second-order valence-corrected chi connectivity index (χ2v) is 5.42. The average Bonchev–Trinajstić information content (AvgIpc) is 2.42. The molecule has 0 aliphatic heterocycles. The molecular weight excluding hydrogens is 266 g/mol. The average molecular weight is 287 g/mol. The maximum atomic E-state index is 11.2. The van der Waals surface area contributed by atoms with Gasteiger partial charge in [0.1, 0.15) is 6.54 Å². The van der Waals surface area contributed by atoms with Crippen LogP contribution in [-0.2, 0) is 4.79 Å². The number of nitrogens with zero attached hydrogens (tertiary/aromatic N) is 3. The molecule has 2 aromatic rings. The van der Waals surface area contributed by atoms with Crippen LogP contribution < -0.4 is 4.90 Å². The van der Waals surface area contributed by atoms with E-state index in [9.17, 15) is 9.90 Å². The molecule has 0 saturated carbocycles. The van der Waals surface area contributed by atoms with Crippen LogP contribution in [0.5, 0.6) is 0 Å². The number of aryl methyl sites for hydroxylation is 1. The van der Waals surface area contributed by atoms with Gasteiger partial charge in [-0.25, -0.2) is 0 Å². The van der Waals surface area contributed by atoms with Gasteiger partial charge in [0.2, 0.25) is 0 Å². The number of aliphatic carboxylic acids is 1. The molecule has 1 N–H and O–H groups in total. The summed E-state index contributed by atoms with van der Waals surface area (Å²) in [7, 11) is 3.96. The van der Waals surface area contributed by atoms with Crippen LogP contribution in [0, 0.1) is 6.92 Å². The Morgan fingerprint density at radius 3 is 2.62 bits per heavy atom. The van der Waals surface area contributed by atoms with E-state index in [1.165, 1.54) is 0 Å². The van der Waals surface area contributed by atoms with E-state index in [1.54, 1.807) is 0 Å². The first-order chi connectivity index (χ1) is 9.97. The number of rotatable bonds is 6. The van der Waals surface area contributed by atoms with Crippen LogP contribution in [0.15, 0.2) is 30.3 Å². The number of carboxylic acid groups (broad SMARTS) is 1. The number of pyridine rings is 1. The fourth-order valence-corrected chi connectivity index (χ4v) is 2.32. The molecule has 21 heavy (non-hydrogen) atoms. The topological polar surface area (TPSA) is 56.7 Å². The number of hydrogen-bond donors (Lipinski definition) is 1. The van der Waals surface area contributed by atoms with Gasteiger partial charge in [0, 0.05) is 29.9 Å². The van der Waals surface area contributed by atoms with E-state index in [4.69, 9.17) is 0 Å². The summed E-state index contributed by atoms with van der Waals surface area (Å²) < 4.78 is 0. The van der Waals surface area contributed by atoms with Gasteiger partial charge in [0.15, 0.2) is 0 Å². The highest BCUT2D eigenvalue weighted by molar-refractivity contribution is 5.93. The fourth-order valence-electron chi connectivity index (χ4n) is 2.32. The Bertz CT molecular complexity index is 640. The molecule has 0 fully saturated rings. The van der Waals surface area contributed by atoms with Crippen molar-refractivity contribution in [3.63, 3.8) is 0 Å². The van der Waals surface area contributed by atoms with Gasteiger partial charge in [-0.15, -0.1) is 0 Å². The van der Waals surface area contributed by atoms with Gasteiger partial charge in [0.25, 0.3) is 0 Å². The molecule has 0 bridgehead atoms. The van der Waals surface area contributed by atoms with E-state index in [2.05, 4.69) is 4.98 Å². The maximum absolute atomic E-state index is 11.2. The first-order valence-electron chi connectivity index (χ1n) is 6.95. The minimum absolute atomic E-state index is 0.0126. The molecule has 0 spiro atoms. The lowest BCUT2D eigenvalue weighted by Crippen LogP contribution is -2.35. The third kappa shape index (κ3) is 3.92. The number of hydrogen-bond acceptors (Lipinski definition) is 4. The van der Waals surface area contributed by atoms with Crippen LogP contribution in [0.4, 0.5) is 5.69 Å². The van der Waals surface area contributed by atoms with Crippen molar-refractivity contribution in [1.29, 1.82) is 0 Å². The molecule has 5 heteroatoms. The fraction of sp³-hybridized carbons (Fsp3) is 0.375. The monoisotopic (exact) mass is 287 g/mol. The lowest BCUT2D eigenvalue weighted by molar-refractivity contribution is -0.135. The highest BCUT2D eigenvalue weighted by atomic mass is 16.4. The number of likely N-dealkylation sites (N-methyl/N-ethyl adjacent to an activating group) is 1. The number of para-hydroxylation sites is 1. The van der Waals surface area contributed by atoms with Crippen molar-refractivity contribution >= 4 is 22.6 Å². The quantitative estimate of drug-likeness (QED) is 0.880. The molecule has 0 saturated heterocycles. The standard InChI is InChI=1S/C16H21N3O2/c1-12-10-15(13-6-4-5-7-14(13)17-12)19(11-16(20)21)9-8-18(2)3/h4-7,10H,8-9,11H2,1-3H3,(H,20,21). The van der Waals surface area contributed by atoms with Crippen molar-refractivity contribution in [3.05, 3.63) is 36.0 Å². The van der Waals surface area contributed by atoms with E-state index >= 15 is 0 Å². The Hall–Kier alpha value is -2.14. The highest BCUT2D eigenvalue weighted by Crippen LogP contribution is 2.26. The van der Waals surface area contributed by atoms with Crippen molar-refractivity contribution in [3.8, 4) is 0 Å². The first-order valence-corrected chi connectivity index (χ1v) is 6.95. The molecule has 112 valence electrons. The summed E-state index contributed by atoms with van der Waals surface area (Å²) in [6.07, 6.45) is 0. The van der Waals surface area contributed by atoms with Crippen molar-refractivity contribution in [2.24, 2.45) is 0 Å². The van der Waals surface area contributed by atoms with E-state index in [-0.39, 0.29) is 6.54 Å². The van der Waals surface area contributed by atoms with Gasteiger partial charge in [0.05, 0.1) is 5.52 Å². The molecule has 2 rings (SSSR count). The van der Waals surface area contributed by atoms with Gasteiger partial charge < -0.3 is 14.9 Å². The van der Waals surface area contributed by atoms with Crippen LogP contribution in [0.3, 0.4) is 0 Å². The summed E-state index contributed by atoms with van der Waals surface area (Å²) in [5.41, 5.74) is 2.72. The van der Waals surface area contributed by atoms with Crippen molar-refractivity contribution in [2.45, 2.75) is 6.92 Å². The predicted octanol–water partition coefficient (Wildman–Crippen LogP) is 2.00. The van der Waals surface area contributed by atoms with Crippen LogP contribution in [0.25, 0.3) is 10.9 Å². The number of fused-ring (bicyclic) bond motifs is 1. The lowest BCUT2D eigenvalue weighted by Gasteiger charge is -2.26. The molecule has 0 atom stereocenters. The lowest BCUT2D eigenvalue weighted by atomic mass is 10.1. The summed E-state index contributed by atoms with van der Waals surface area (Å²) >= 11 is 0. The van der Waals surface area contributed by atoms with Crippen LogP contribution >= 0.6 is 0 Å². The Morgan fingerprint density at radius 2 is 1.95 bits per heavy atom. The van der Waals surface area contributed by atoms with Gasteiger partial charge in [-0.1, -0.05) is 18.2 Å². The zero-order valence-electron chi connectivity index (χ0n) is 12.7. The number of aromatic nitrogens is 1. The first kappa shape index (κ1) is 15.3. The molecular formula is C16H21N3O2. The van der Waals surface area contributed by atoms with Gasteiger partial charge in [-0.2, -0.15) is 0 Å². The Labute approximate surface area is 124 Å². The largest absolute Gasteiger partial charge is 0.480 e. The Kier molecular flexibility index (Phi) is 4.75. The van der Waals surface area contributed by atoms with Gasteiger partial charge in [-0.3, -0.25) is 9.78 Å². The van der Waals surface area contributed by atoms with Crippen molar-refractivity contribution in [1.82, 2.24) is 9.88 Å². The number of anilines is 1. The van der Waals surface area contributed by atoms with E-state index in [0.717, 1.165) is 28.8 Å². The molecule has 0 radical (unpaired) electrons. The SMILES string of the molecule is Cc1cc(N(CCN(C)C)CC(=O)O)c2ccccc2n1. The second-order valence-electron chi connectivity index (χ2n) is 5.42. The van der Waals surface area contributed by atoms with Crippen LogP contribution in [0.1, 0.15) is 5.69 Å². The second kappa shape index (κ2) is 6.54. The number of carbonyl (C=O) groups is 1. The van der Waals surface area contributed by atoms with E-state index in [1.807, 2.05) is 61.2 Å². The summed E-state index contributed by atoms with van der Waals surface area (Å²) in [6.45, 7) is 3.37. The number of benzene rings is 1. The summed E-state index contributed by atoms with van der Waals surface area (Å²) in [5, 5.41) is 10.2. The highest BCUT2D eigenvalue weighted by Gasteiger charge is 2.15. The molecule has 1 heterocycles.